The van der Waals surface area contributed by atoms with Crippen molar-refractivity contribution in [3.63, 3.8) is 0 Å². The highest BCUT2D eigenvalue weighted by molar-refractivity contribution is 6.00. The zero-order valence-corrected chi connectivity index (χ0v) is 14.6. The van der Waals surface area contributed by atoms with E-state index in [1.807, 2.05) is 24.3 Å². The minimum Gasteiger partial charge on any atom is -0.496 e. The Morgan fingerprint density at radius 3 is 2.65 bits per heavy atom. The first-order valence-corrected chi connectivity index (χ1v) is 8.53. The van der Waals surface area contributed by atoms with Gasteiger partial charge in [0, 0.05) is 37.3 Å². The number of amides is 1. The van der Waals surface area contributed by atoms with E-state index >= 15 is 0 Å². The van der Waals surface area contributed by atoms with E-state index in [1.165, 1.54) is 12.1 Å². The summed E-state index contributed by atoms with van der Waals surface area (Å²) >= 11 is 0. The number of carbonyl (C=O) groups is 1. The number of nitro groups is 1. The molecule has 0 aromatic heterocycles. The summed E-state index contributed by atoms with van der Waals surface area (Å²) in [6, 6.07) is 11.9. The summed E-state index contributed by atoms with van der Waals surface area (Å²) in [6.07, 6.45) is 2.11. The largest absolute Gasteiger partial charge is 0.496 e. The molecule has 0 unspecified atom stereocenters. The zero-order chi connectivity index (χ0) is 18.5. The number of hydrogen-bond acceptors (Lipinski definition) is 5. The van der Waals surface area contributed by atoms with Crippen LogP contribution in [0.2, 0.25) is 0 Å². The van der Waals surface area contributed by atoms with Gasteiger partial charge >= 0.3 is 0 Å². The quantitative estimate of drug-likeness (QED) is 0.636. The van der Waals surface area contributed by atoms with E-state index in [0.717, 1.165) is 37.2 Å². The van der Waals surface area contributed by atoms with Gasteiger partial charge in [-0.1, -0.05) is 18.2 Å². The highest BCUT2D eigenvalue weighted by Crippen LogP contribution is 2.28. The second-order valence-corrected chi connectivity index (χ2v) is 6.15. The standard InChI is InChI=1S/C19H21N3O4/c1-26-18-7-3-2-6-14(18)13-20-19(23)16-12-15(22(24)25)8-9-17(16)21-10-4-5-11-21/h2-3,6-9,12H,4-5,10-11,13H2,1H3,(H,20,23). The van der Waals surface area contributed by atoms with Gasteiger partial charge < -0.3 is 15.0 Å². The number of nitrogens with one attached hydrogen (secondary N) is 1. The molecule has 2 aromatic carbocycles. The predicted molar refractivity (Wildman–Crippen MR) is 98.7 cm³/mol. The Kier molecular flexibility index (Phi) is 5.36. The molecule has 1 N–H and O–H groups in total. The molecular formula is C19H21N3O4. The molecule has 0 atom stereocenters. The van der Waals surface area contributed by atoms with Crippen molar-refractivity contribution >= 4 is 17.3 Å². The van der Waals surface area contributed by atoms with Crippen LogP contribution in [-0.4, -0.2) is 31.0 Å². The lowest BCUT2D eigenvalue weighted by Gasteiger charge is -2.21. The van der Waals surface area contributed by atoms with Crippen LogP contribution < -0.4 is 15.0 Å². The second kappa shape index (κ2) is 7.86. The average Bonchev–Trinajstić information content (AvgIpc) is 3.20. The van der Waals surface area contributed by atoms with Gasteiger partial charge in [0.2, 0.25) is 0 Å². The number of hydrogen-bond donors (Lipinski definition) is 1. The van der Waals surface area contributed by atoms with Crippen LogP contribution in [0, 0.1) is 10.1 Å². The second-order valence-electron chi connectivity index (χ2n) is 6.15. The fourth-order valence-electron chi connectivity index (χ4n) is 3.17. The third-order valence-corrected chi connectivity index (χ3v) is 4.51. The topological polar surface area (TPSA) is 84.7 Å². The Balaban J connectivity index is 1.84. The fourth-order valence-corrected chi connectivity index (χ4v) is 3.17. The molecule has 7 heteroatoms. The predicted octanol–water partition coefficient (Wildman–Crippen LogP) is 3.13. The Bertz CT molecular complexity index is 816. The normalized spacial score (nSPS) is 13.5. The maximum absolute atomic E-state index is 12.8. The number of para-hydroxylation sites is 1. The van der Waals surface area contributed by atoms with Gasteiger partial charge in [0.05, 0.1) is 23.3 Å². The van der Waals surface area contributed by atoms with Crippen molar-refractivity contribution < 1.29 is 14.5 Å². The number of ether oxygens (including phenoxy) is 1. The monoisotopic (exact) mass is 355 g/mol. The van der Waals surface area contributed by atoms with Crippen LogP contribution in [0.5, 0.6) is 5.75 Å². The van der Waals surface area contributed by atoms with Crippen LogP contribution in [0.25, 0.3) is 0 Å². The van der Waals surface area contributed by atoms with Crippen molar-refractivity contribution in [2.75, 3.05) is 25.1 Å². The molecule has 1 aliphatic rings. The number of nitro benzene ring substituents is 1. The van der Waals surface area contributed by atoms with E-state index in [4.69, 9.17) is 4.74 Å². The Labute approximate surface area is 151 Å². The van der Waals surface area contributed by atoms with Gasteiger partial charge in [0.1, 0.15) is 5.75 Å². The van der Waals surface area contributed by atoms with E-state index in [2.05, 4.69) is 10.2 Å². The lowest BCUT2D eigenvalue weighted by atomic mass is 10.1. The average molecular weight is 355 g/mol. The molecule has 2 aromatic rings. The van der Waals surface area contributed by atoms with Crippen molar-refractivity contribution in [3.05, 3.63) is 63.7 Å². The van der Waals surface area contributed by atoms with Crippen molar-refractivity contribution in [2.45, 2.75) is 19.4 Å². The lowest BCUT2D eigenvalue weighted by molar-refractivity contribution is -0.384. The molecular weight excluding hydrogens is 334 g/mol. The molecule has 1 aliphatic heterocycles. The Morgan fingerprint density at radius 1 is 1.23 bits per heavy atom. The van der Waals surface area contributed by atoms with Crippen LogP contribution in [0.3, 0.4) is 0 Å². The van der Waals surface area contributed by atoms with Crippen molar-refractivity contribution in [3.8, 4) is 5.75 Å². The zero-order valence-electron chi connectivity index (χ0n) is 14.6. The number of benzene rings is 2. The number of nitrogens with zero attached hydrogens (tertiary/aromatic N) is 2. The summed E-state index contributed by atoms with van der Waals surface area (Å²) in [5.41, 5.74) is 1.83. The van der Waals surface area contributed by atoms with Gasteiger partial charge in [-0.3, -0.25) is 14.9 Å². The number of anilines is 1. The first-order chi connectivity index (χ1) is 12.6. The van der Waals surface area contributed by atoms with Gasteiger partial charge in [-0.05, 0) is 25.0 Å². The molecule has 1 saturated heterocycles. The summed E-state index contributed by atoms with van der Waals surface area (Å²) in [5.74, 6) is 0.355. The lowest BCUT2D eigenvalue weighted by Crippen LogP contribution is -2.27. The Hall–Kier alpha value is -3.09. The molecule has 0 aliphatic carbocycles. The molecule has 0 radical (unpaired) electrons. The van der Waals surface area contributed by atoms with E-state index in [1.54, 1.807) is 13.2 Å². The summed E-state index contributed by atoms with van der Waals surface area (Å²) in [6.45, 7) is 1.99. The van der Waals surface area contributed by atoms with Crippen LogP contribution in [0.15, 0.2) is 42.5 Å². The molecule has 7 nitrogen and oxygen atoms in total. The maximum atomic E-state index is 12.8. The van der Waals surface area contributed by atoms with E-state index < -0.39 is 4.92 Å². The fraction of sp³-hybridized carbons (Fsp3) is 0.316. The molecule has 1 amide bonds. The summed E-state index contributed by atoms with van der Waals surface area (Å²) in [4.78, 5) is 25.5. The van der Waals surface area contributed by atoms with Gasteiger partial charge in [-0.25, -0.2) is 0 Å². The maximum Gasteiger partial charge on any atom is 0.270 e. The first kappa shape index (κ1) is 17.7. The summed E-state index contributed by atoms with van der Waals surface area (Å²) < 4.78 is 5.29. The van der Waals surface area contributed by atoms with Crippen molar-refractivity contribution in [1.82, 2.24) is 5.32 Å². The molecule has 0 spiro atoms. The highest BCUT2D eigenvalue weighted by Gasteiger charge is 2.22. The molecule has 26 heavy (non-hydrogen) atoms. The Morgan fingerprint density at radius 2 is 1.96 bits per heavy atom. The number of non-ortho nitro benzene ring substituents is 1. The van der Waals surface area contributed by atoms with Crippen molar-refractivity contribution in [2.24, 2.45) is 0 Å². The van der Waals surface area contributed by atoms with Crippen LogP contribution in [-0.2, 0) is 6.54 Å². The minimum absolute atomic E-state index is 0.0876. The first-order valence-electron chi connectivity index (χ1n) is 8.53. The minimum atomic E-state index is -0.481. The van der Waals surface area contributed by atoms with Crippen LogP contribution in [0.4, 0.5) is 11.4 Å². The molecule has 1 heterocycles. The summed E-state index contributed by atoms with van der Waals surface area (Å²) in [5, 5.41) is 14.0. The molecule has 0 bridgehead atoms. The SMILES string of the molecule is COc1ccccc1CNC(=O)c1cc([N+](=O)[O-])ccc1N1CCCC1. The third kappa shape index (κ3) is 3.77. The highest BCUT2D eigenvalue weighted by atomic mass is 16.6. The van der Waals surface area contributed by atoms with Crippen LogP contribution >= 0.6 is 0 Å². The number of methoxy groups -OCH3 is 1. The number of rotatable bonds is 6. The number of carbonyl (C=O) groups excluding carboxylic acids is 1. The molecule has 0 saturated carbocycles. The van der Waals surface area contributed by atoms with Gasteiger partial charge in [-0.15, -0.1) is 0 Å². The van der Waals surface area contributed by atoms with Gasteiger partial charge in [0.15, 0.2) is 0 Å². The van der Waals surface area contributed by atoms with Crippen LogP contribution in [0.1, 0.15) is 28.8 Å². The van der Waals surface area contributed by atoms with Gasteiger partial charge in [-0.2, -0.15) is 0 Å². The molecule has 1 fully saturated rings. The smallest absolute Gasteiger partial charge is 0.270 e. The van der Waals surface area contributed by atoms with Gasteiger partial charge in [0.25, 0.3) is 11.6 Å². The summed E-state index contributed by atoms with van der Waals surface area (Å²) in [7, 11) is 1.58. The van der Waals surface area contributed by atoms with E-state index in [-0.39, 0.29) is 18.1 Å². The van der Waals surface area contributed by atoms with E-state index in [9.17, 15) is 14.9 Å². The van der Waals surface area contributed by atoms with Crippen molar-refractivity contribution in [1.29, 1.82) is 0 Å². The third-order valence-electron chi connectivity index (χ3n) is 4.51. The molecule has 3 rings (SSSR count). The van der Waals surface area contributed by atoms with E-state index in [0.29, 0.717) is 11.3 Å². The molecule has 136 valence electrons.